The van der Waals surface area contributed by atoms with Gasteiger partial charge in [0.25, 0.3) is 0 Å². The van der Waals surface area contributed by atoms with E-state index in [0.29, 0.717) is 11.7 Å². The molecule has 21 heavy (non-hydrogen) atoms. The summed E-state index contributed by atoms with van der Waals surface area (Å²) in [5.41, 5.74) is 2.14. The maximum absolute atomic E-state index is 5.74. The third kappa shape index (κ3) is 6.30. The first-order chi connectivity index (χ1) is 9.78. The molecule has 0 saturated heterocycles. The molecule has 0 fully saturated rings. The number of H-pyrrole nitrogens is 1. The van der Waals surface area contributed by atoms with Crippen LogP contribution in [0.4, 0.5) is 0 Å². The lowest BCUT2D eigenvalue weighted by atomic mass is 10.2. The minimum Gasteiger partial charge on any atom is -0.356 e. The Balaban J connectivity index is 0.00000220. The number of hydrogen-bond acceptors (Lipinski definition) is 3. The van der Waals surface area contributed by atoms with E-state index in [0.717, 1.165) is 30.2 Å². The lowest BCUT2D eigenvalue weighted by Crippen LogP contribution is -2.37. The number of aliphatic imine (C=N–C) groups is 1. The topological polar surface area (TPSA) is 78.0 Å². The van der Waals surface area contributed by atoms with Crippen LogP contribution in [0.15, 0.2) is 35.6 Å². The Morgan fingerprint density at radius 1 is 1.33 bits per heavy atom. The van der Waals surface area contributed by atoms with Crippen LogP contribution in [0.2, 0.25) is 5.15 Å². The normalized spacial score (nSPS) is 10.9. The fourth-order valence-electron chi connectivity index (χ4n) is 1.66. The Morgan fingerprint density at radius 3 is 2.81 bits per heavy atom. The van der Waals surface area contributed by atoms with Crippen LogP contribution in [0, 0.1) is 0 Å². The molecule has 0 aliphatic carbocycles. The second kappa shape index (κ2) is 9.56. The first-order valence-electron chi connectivity index (χ1n) is 6.31. The van der Waals surface area contributed by atoms with E-state index < -0.39 is 0 Å². The van der Waals surface area contributed by atoms with Gasteiger partial charge in [0.1, 0.15) is 5.15 Å². The molecule has 8 heteroatoms. The molecule has 3 N–H and O–H groups in total. The number of pyridine rings is 1. The number of nitrogens with one attached hydrogen (secondary N) is 3. The fourth-order valence-corrected chi connectivity index (χ4v) is 1.77. The van der Waals surface area contributed by atoms with Gasteiger partial charge in [-0.05, 0) is 24.1 Å². The first kappa shape index (κ1) is 17.7. The summed E-state index contributed by atoms with van der Waals surface area (Å²) >= 11 is 5.74. The average molecular weight is 421 g/mol. The van der Waals surface area contributed by atoms with Crippen molar-refractivity contribution in [1.82, 2.24) is 25.8 Å². The summed E-state index contributed by atoms with van der Waals surface area (Å²) in [7, 11) is 1.74. The maximum Gasteiger partial charge on any atom is 0.191 e. The van der Waals surface area contributed by atoms with Crippen molar-refractivity contribution in [1.29, 1.82) is 0 Å². The van der Waals surface area contributed by atoms with Gasteiger partial charge < -0.3 is 10.6 Å². The smallest absolute Gasteiger partial charge is 0.191 e. The van der Waals surface area contributed by atoms with Crippen molar-refractivity contribution in [2.24, 2.45) is 4.99 Å². The lowest BCUT2D eigenvalue weighted by molar-refractivity contribution is 0.779. The summed E-state index contributed by atoms with van der Waals surface area (Å²) in [4.78, 5) is 8.20. The highest BCUT2D eigenvalue weighted by Gasteiger charge is 1.99. The van der Waals surface area contributed by atoms with E-state index in [2.05, 4.69) is 30.8 Å². The number of aromatic nitrogens is 3. The molecule has 0 spiro atoms. The van der Waals surface area contributed by atoms with Gasteiger partial charge in [-0.3, -0.25) is 10.1 Å². The van der Waals surface area contributed by atoms with Gasteiger partial charge >= 0.3 is 0 Å². The van der Waals surface area contributed by atoms with Crippen LogP contribution in [-0.4, -0.2) is 34.7 Å². The molecule has 0 atom stereocenters. The average Bonchev–Trinajstić information content (AvgIpc) is 2.98. The van der Waals surface area contributed by atoms with E-state index in [1.165, 1.54) is 0 Å². The van der Waals surface area contributed by atoms with Gasteiger partial charge in [0.2, 0.25) is 0 Å². The van der Waals surface area contributed by atoms with Gasteiger partial charge in [-0.1, -0.05) is 17.7 Å². The van der Waals surface area contributed by atoms with Crippen LogP contribution in [-0.2, 0) is 13.0 Å². The molecule has 0 aromatic carbocycles. The summed E-state index contributed by atoms with van der Waals surface area (Å²) in [6, 6.07) is 5.68. The highest BCUT2D eigenvalue weighted by molar-refractivity contribution is 14.0. The molecule has 0 saturated carbocycles. The van der Waals surface area contributed by atoms with Gasteiger partial charge in [-0.25, -0.2) is 4.98 Å². The molecule has 114 valence electrons. The van der Waals surface area contributed by atoms with Crippen LogP contribution in [0.25, 0.3) is 0 Å². The number of aromatic amines is 1. The molecule has 0 aliphatic heterocycles. The maximum atomic E-state index is 5.74. The van der Waals surface area contributed by atoms with Crippen LogP contribution < -0.4 is 10.6 Å². The quantitative estimate of drug-likeness (QED) is 0.299. The van der Waals surface area contributed by atoms with E-state index in [1.807, 2.05) is 12.1 Å². The highest BCUT2D eigenvalue weighted by Crippen LogP contribution is 2.05. The number of halogens is 2. The summed E-state index contributed by atoms with van der Waals surface area (Å²) in [5.74, 6) is 0.751. The zero-order valence-electron chi connectivity index (χ0n) is 11.6. The van der Waals surface area contributed by atoms with Crippen molar-refractivity contribution < 1.29 is 0 Å². The Hall–Kier alpha value is -1.35. The van der Waals surface area contributed by atoms with Crippen molar-refractivity contribution in [2.75, 3.05) is 13.6 Å². The summed E-state index contributed by atoms with van der Waals surface area (Å²) < 4.78 is 0. The predicted molar refractivity (Wildman–Crippen MR) is 95.2 cm³/mol. The molecule has 0 amide bonds. The summed E-state index contributed by atoms with van der Waals surface area (Å²) in [6.07, 6.45) is 4.36. The van der Waals surface area contributed by atoms with Gasteiger partial charge in [-0.2, -0.15) is 5.10 Å². The van der Waals surface area contributed by atoms with Gasteiger partial charge in [0.05, 0.1) is 12.2 Å². The SMILES string of the molecule is CN=C(NCCc1ccc(Cl)nc1)NCc1ccn[nH]1.I. The molecule has 2 rings (SSSR count). The van der Waals surface area contributed by atoms with Crippen molar-refractivity contribution in [3.05, 3.63) is 47.0 Å². The van der Waals surface area contributed by atoms with Gasteiger partial charge in [0, 0.05) is 26.0 Å². The van der Waals surface area contributed by atoms with E-state index >= 15 is 0 Å². The predicted octanol–water partition coefficient (Wildman–Crippen LogP) is 1.98. The van der Waals surface area contributed by atoms with Crippen molar-refractivity contribution in [3.8, 4) is 0 Å². The Bertz CT molecular complexity index is 540. The molecule has 0 radical (unpaired) electrons. The number of guanidine groups is 1. The zero-order chi connectivity index (χ0) is 14.2. The molecule has 2 aromatic heterocycles. The fraction of sp³-hybridized carbons (Fsp3) is 0.308. The van der Waals surface area contributed by atoms with E-state index in [4.69, 9.17) is 11.6 Å². The Labute approximate surface area is 145 Å². The molecular weight excluding hydrogens is 403 g/mol. The monoisotopic (exact) mass is 420 g/mol. The number of hydrogen-bond donors (Lipinski definition) is 3. The third-order valence-electron chi connectivity index (χ3n) is 2.72. The summed E-state index contributed by atoms with van der Waals surface area (Å²) in [5, 5.41) is 13.7. The number of rotatable bonds is 5. The Morgan fingerprint density at radius 2 is 2.19 bits per heavy atom. The van der Waals surface area contributed by atoms with Gasteiger partial charge in [-0.15, -0.1) is 24.0 Å². The third-order valence-corrected chi connectivity index (χ3v) is 2.95. The molecular formula is C13H18ClIN6. The van der Waals surface area contributed by atoms with Crippen molar-refractivity contribution in [3.63, 3.8) is 0 Å². The molecule has 2 aromatic rings. The lowest BCUT2D eigenvalue weighted by Gasteiger charge is -2.11. The molecule has 6 nitrogen and oxygen atoms in total. The molecule has 2 heterocycles. The minimum absolute atomic E-state index is 0. The highest BCUT2D eigenvalue weighted by atomic mass is 127. The summed E-state index contributed by atoms with van der Waals surface area (Å²) in [6.45, 7) is 1.42. The van der Waals surface area contributed by atoms with E-state index in [1.54, 1.807) is 25.5 Å². The van der Waals surface area contributed by atoms with E-state index in [9.17, 15) is 0 Å². The first-order valence-corrected chi connectivity index (χ1v) is 6.69. The second-order valence-electron chi connectivity index (χ2n) is 4.17. The van der Waals surface area contributed by atoms with Crippen LogP contribution in [0.3, 0.4) is 0 Å². The zero-order valence-corrected chi connectivity index (χ0v) is 14.7. The largest absolute Gasteiger partial charge is 0.356 e. The molecule has 0 unspecified atom stereocenters. The molecule has 0 bridgehead atoms. The minimum atomic E-state index is 0. The van der Waals surface area contributed by atoms with Crippen LogP contribution in [0.1, 0.15) is 11.3 Å². The van der Waals surface area contributed by atoms with Crippen molar-refractivity contribution >= 4 is 41.5 Å². The van der Waals surface area contributed by atoms with Crippen molar-refractivity contribution in [2.45, 2.75) is 13.0 Å². The number of nitrogens with zero attached hydrogens (tertiary/aromatic N) is 3. The van der Waals surface area contributed by atoms with E-state index in [-0.39, 0.29) is 24.0 Å². The van der Waals surface area contributed by atoms with Crippen LogP contribution in [0.5, 0.6) is 0 Å². The Kier molecular flexibility index (Phi) is 8.06. The standard InChI is InChI=1S/C13H17ClN6.HI/c1-15-13(18-9-11-5-7-19-20-11)16-6-4-10-2-3-12(14)17-8-10;/h2-3,5,7-8H,4,6,9H2,1H3,(H,19,20)(H2,15,16,18);1H. The van der Waals surface area contributed by atoms with Gasteiger partial charge in [0.15, 0.2) is 5.96 Å². The van der Waals surface area contributed by atoms with Crippen LogP contribution >= 0.6 is 35.6 Å². The second-order valence-corrected chi connectivity index (χ2v) is 4.56. The molecule has 0 aliphatic rings.